The van der Waals surface area contributed by atoms with Crippen molar-refractivity contribution in [3.63, 3.8) is 0 Å². The van der Waals surface area contributed by atoms with Crippen molar-refractivity contribution in [3.8, 4) is 0 Å². The molecule has 0 spiro atoms. The first-order chi connectivity index (χ1) is 4.86. The Morgan fingerprint density at radius 1 is 1.36 bits per heavy atom. The molecule has 11 heavy (non-hydrogen) atoms. The fraction of sp³-hybridized carbons (Fsp3) is 1.00. The number of alkyl halides is 2. The van der Waals surface area contributed by atoms with Gasteiger partial charge in [0.15, 0.2) is 0 Å². The monoisotopic (exact) mass is 166 g/mol. The van der Waals surface area contributed by atoms with Gasteiger partial charge >= 0.3 is 0 Å². The van der Waals surface area contributed by atoms with Crippen molar-refractivity contribution in [1.29, 1.82) is 0 Å². The summed E-state index contributed by atoms with van der Waals surface area (Å²) in [7, 11) is 0. The molecule has 0 bridgehead atoms. The third-order valence-electron chi connectivity index (χ3n) is 1.70. The lowest BCUT2D eigenvalue weighted by Gasteiger charge is -2.22. The van der Waals surface area contributed by atoms with Crippen LogP contribution in [-0.2, 0) is 0 Å². The van der Waals surface area contributed by atoms with Crippen molar-refractivity contribution < 1.29 is 13.9 Å². The number of hydrogen-bond acceptors (Lipinski definition) is 1. The summed E-state index contributed by atoms with van der Waals surface area (Å²) in [4.78, 5) is 0. The van der Waals surface area contributed by atoms with Gasteiger partial charge in [0.05, 0.1) is 0 Å². The van der Waals surface area contributed by atoms with E-state index in [1.54, 1.807) is 0 Å². The normalized spacial score (nSPS) is 17.5. The highest BCUT2D eigenvalue weighted by Gasteiger charge is 2.31. The third kappa shape index (κ3) is 4.30. The van der Waals surface area contributed by atoms with Gasteiger partial charge in [0.2, 0.25) is 0 Å². The van der Waals surface area contributed by atoms with Crippen molar-refractivity contribution in [2.75, 3.05) is 0 Å². The molecular formula is C8H16F2O. The summed E-state index contributed by atoms with van der Waals surface area (Å²) >= 11 is 0. The van der Waals surface area contributed by atoms with Crippen molar-refractivity contribution >= 4 is 0 Å². The molecule has 0 aliphatic heterocycles. The predicted octanol–water partition coefficient (Wildman–Crippen LogP) is 2.44. The van der Waals surface area contributed by atoms with Gasteiger partial charge in [-0.1, -0.05) is 13.8 Å². The van der Waals surface area contributed by atoms with Crippen LogP contribution < -0.4 is 0 Å². The van der Waals surface area contributed by atoms with E-state index in [-0.39, 0.29) is 6.42 Å². The molecule has 0 aromatic rings. The lowest BCUT2D eigenvalue weighted by atomic mass is 9.96. The quantitative estimate of drug-likeness (QED) is 0.680. The van der Waals surface area contributed by atoms with Crippen LogP contribution in [0.5, 0.6) is 0 Å². The Balaban J connectivity index is 3.73. The van der Waals surface area contributed by atoms with Crippen molar-refractivity contribution in [1.82, 2.24) is 0 Å². The number of rotatable bonds is 4. The average molecular weight is 166 g/mol. The molecule has 0 fully saturated rings. The highest BCUT2D eigenvalue weighted by atomic mass is 19.3. The Labute approximate surface area is 66.4 Å². The highest BCUT2D eigenvalue weighted by Crippen LogP contribution is 2.22. The Morgan fingerprint density at radius 2 is 1.82 bits per heavy atom. The first-order valence-electron chi connectivity index (χ1n) is 3.87. The highest BCUT2D eigenvalue weighted by molar-refractivity contribution is 4.75. The van der Waals surface area contributed by atoms with E-state index in [2.05, 4.69) is 0 Å². The molecule has 0 aromatic carbocycles. The van der Waals surface area contributed by atoms with Crippen molar-refractivity contribution in [2.45, 2.75) is 45.6 Å². The van der Waals surface area contributed by atoms with Crippen LogP contribution in [0.3, 0.4) is 0 Å². The van der Waals surface area contributed by atoms with E-state index in [1.807, 2.05) is 13.8 Å². The van der Waals surface area contributed by atoms with E-state index < -0.39 is 12.0 Å². The zero-order valence-corrected chi connectivity index (χ0v) is 7.27. The molecule has 0 heterocycles. The minimum absolute atomic E-state index is 0.169. The molecular weight excluding hydrogens is 150 g/mol. The molecule has 0 rings (SSSR count). The molecule has 0 aliphatic carbocycles. The molecule has 68 valence electrons. The minimum atomic E-state index is -2.64. The first-order valence-corrected chi connectivity index (χ1v) is 3.87. The second-order valence-electron chi connectivity index (χ2n) is 3.59. The minimum Gasteiger partial charge on any atom is -0.384 e. The van der Waals surface area contributed by atoms with Crippen LogP contribution in [0.2, 0.25) is 0 Å². The standard InChI is InChI=1S/C8H16F2O/c1-6(2)4-5-8(3,11)7(9)10/h6-7,11H,4-5H2,1-3H3. The summed E-state index contributed by atoms with van der Waals surface area (Å²) in [6.45, 7) is 5.07. The van der Waals surface area contributed by atoms with E-state index in [1.165, 1.54) is 6.92 Å². The van der Waals surface area contributed by atoms with Crippen LogP contribution in [0.25, 0.3) is 0 Å². The average Bonchev–Trinajstić information content (AvgIpc) is 1.84. The summed E-state index contributed by atoms with van der Waals surface area (Å²) in [6.07, 6.45) is -1.83. The predicted molar refractivity (Wildman–Crippen MR) is 40.7 cm³/mol. The molecule has 1 N–H and O–H groups in total. The SMILES string of the molecule is CC(C)CCC(C)(O)C(F)F. The van der Waals surface area contributed by atoms with Gasteiger partial charge in [0.1, 0.15) is 5.60 Å². The molecule has 0 radical (unpaired) electrons. The lowest BCUT2D eigenvalue weighted by Crippen LogP contribution is -2.33. The Morgan fingerprint density at radius 3 is 2.09 bits per heavy atom. The van der Waals surface area contributed by atoms with Gasteiger partial charge in [-0.15, -0.1) is 0 Å². The summed E-state index contributed by atoms with van der Waals surface area (Å²) in [5, 5.41) is 9.09. The van der Waals surface area contributed by atoms with E-state index in [4.69, 9.17) is 5.11 Å². The van der Waals surface area contributed by atoms with Gasteiger partial charge in [0.25, 0.3) is 6.43 Å². The maximum atomic E-state index is 12.0. The molecule has 0 amide bonds. The summed E-state index contributed by atoms with van der Waals surface area (Å²) in [6, 6.07) is 0. The number of aliphatic hydroxyl groups is 1. The van der Waals surface area contributed by atoms with Gasteiger partial charge in [-0.2, -0.15) is 0 Å². The fourth-order valence-electron chi connectivity index (χ4n) is 0.690. The molecule has 1 atom stereocenters. The summed E-state index contributed by atoms with van der Waals surface area (Å²) in [5.74, 6) is 0.361. The summed E-state index contributed by atoms with van der Waals surface area (Å²) in [5.41, 5.74) is -1.80. The van der Waals surface area contributed by atoms with Crippen molar-refractivity contribution in [2.24, 2.45) is 5.92 Å². The Kier molecular flexibility index (Phi) is 3.93. The van der Waals surface area contributed by atoms with E-state index >= 15 is 0 Å². The number of halogens is 2. The van der Waals surface area contributed by atoms with Gasteiger partial charge in [-0.3, -0.25) is 0 Å². The molecule has 0 saturated carbocycles. The maximum absolute atomic E-state index is 12.0. The van der Waals surface area contributed by atoms with Crippen LogP contribution >= 0.6 is 0 Å². The van der Waals surface area contributed by atoms with Gasteiger partial charge in [-0.05, 0) is 25.7 Å². The molecule has 3 heteroatoms. The largest absolute Gasteiger partial charge is 0.384 e. The molecule has 0 aromatic heterocycles. The van der Waals surface area contributed by atoms with E-state index in [0.29, 0.717) is 12.3 Å². The van der Waals surface area contributed by atoms with Crippen LogP contribution in [0.15, 0.2) is 0 Å². The topological polar surface area (TPSA) is 20.2 Å². The number of hydrogen-bond donors (Lipinski definition) is 1. The Bertz CT molecular complexity index is 111. The molecule has 1 unspecified atom stereocenters. The fourth-order valence-corrected chi connectivity index (χ4v) is 0.690. The third-order valence-corrected chi connectivity index (χ3v) is 1.70. The van der Waals surface area contributed by atoms with Gasteiger partial charge in [0, 0.05) is 0 Å². The van der Waals surface area contributed by atoms with E-state index in [9.17, 15) is 8.78 Å². The van der Waals surface area contributed by atoms with Crippen LogP contribution in [0.4, 0.5) is 8.78 Å². The van der Waals surface area contributed by atoms with Gasteiger partial charge in [-0.25, -0.2) is 8.78 Å². The van der Waals surface area contributed by atoms with Crippen LogP contribution in [0, 0.1) is 5.92 Å². The zero-order chi connectivity index (χ0) is 9.07. The van der Waals surface area contributed by atoms with Crippen LogP contribution in [0.1, 0.15) is 33.6 Å². The first kappa shape index (κ1) is 10.8. The smallest absolute Gasteiger partial charge is 0.266 e. The molecule has 0 aliphatic rings. The second-order valence-corrected chi connectivity index (χ2v) is 3.59. The second kappa shape index (κ2) is 4.00. The van der Waals surface area contributed by atoms with Gasteiger partial charge < -0.3 is 5.11 Å². The van der Waals surface area contributed by atoms with Crippen LogP contribution in [-0.4, -0.2) is 17.1 Å². The molecule has 1 nitrogen and oxygen atoms in total. The lowest BCUT2D eigenvalue weighted by molar-refractivity contribution is -0.0900. The van der Waals surface area contributed by atoms with Crippen molar-refractivity contribution in [3.05, 3.63) is 0 Å². The maximum Gasteiger partial charge on any atom is 0.266 e. The zero-order valence-electron chi connectivity index (χ0n) is 7.27. The summed E-state index contributed by atoms with van der Waals surface area (Å²) < 4.78 is 24.0. The van der Waals surface area contributed by atoms with E-state index in [0.717, 1.165) is 0 Å². The molecule has 0 saturated heterocycles. The Hall–Kier alpha value is -0.180.